The highest BCUT2D eigenvalue weighted by Crippen LogP contribution is 2.30. The van der Waals surface area contributed by atoms with E-state index in [1.54, 1.807) is 36.4 Å². The number of ether oxygens (including phenoxy) is 10. The number of nitrogens with two attached hydrogens (primary N) is 2. The fourth-order valence-electron chi connectivity index (χ4n) is 3.44. The van der Waals surface area contributed by atoms with Gasteiger partial charge in [0.25, 0.3) is 0 Å². The standard InChI is InChI=1S/2C14H21NO5/c2*15-12-1-2-13-14(11-12)20-10-8-18-6-4-16-3-5-17-7-9-19-13/h2*1-2,11H,3-10,15H2. The van der Waals surface area contributed by atoms with Crippen molar-refractivity contribution in [2.24, 2.45) is 0 Å². The Hall–Kier alpha value is -3.00. The normalized spacial score (nSPS) is 18.8. The van der Waals surface area contributed by atoms with Crippen LogP contribution in [0.5, 0.6) is 23.0 Å². The van der Waals surface area contributed by atoms with Crippen LogP contribution in [0, 0.1) is 0 Å². The molecule has 0 saturated carbocycles. The molecule has 0 fully saturated rings. The van der Waals surface area contributed by atoms with Gasteiger partial charge < -0.3 is 58.8 Å². The number of fused-ring (bicyclic) bond motifs is 2. The molecule has 0 aliphatic carbocycles. The van der Waals surface area contributed by atoms with Crippen LogP contribution < -0.4 is 30.4 Å². The van der Waals surface area contributed by atoms with Gasteiger partial charge in [0.15, 0.2) is 23.0 Å². The maximum Gasteiger partial charge on any atom is 0.163 e. The van der Waals surface area contributed by atoms with Crippen molar-refractivity contribution in [3.63, 3.8) is 0 Å². The molecule has 12 nitrogen and oxygen atoms in total. The summed E-state index contributed by atoms with van der Waals surface area (Å²) in [7, 11) is 0. The summed E-state index contributed by atoms with van der Waals surface area (Å²) in [5.41, 5.74) is 12.8. The van der Waals surface area contributed by atoms with E-state index in [-0.39, 0.29) is 0 Å². The fraction of sp³-hybridized carbons (Fsp3) is 0.571. The average molecular weight is 567 g/mol. The molecule has 12 heteroatoms. The van der Waals surface area contributed by atoms with E-state index in [4.69, 9.17) is 58.8 Å². The van der Waals surface area contributed by atoms with Crippen LogP contribution in [0.1, 0.15) is 0 Å². The van der Waals surface area contributed by atoms with Crippen molar-refractivity contribution >= 4 is 11.4 Å². The first-order valence-corrected chi connectivity index (χ1v) is 13.5. The molecule has 2 aliphatic rings. The zero-order chi connectivity index (χ0) is 28.1. The molecule has 2 aromatic carbocycles. The van der Waals surface area contributed by atoms with Crippen LogP contribution in [-0.2, 0) is 28.4 Å². The van der Waals surface area contributed by atoms with Gasteiger partial charge in [0, 0.05) is 23.5 Å². The third-order valence-corrected chi connectivity index (χ3v) is 5.36. The summed E-state index contributed by atoms with van der Waals surface area (Å²) >= 11 is 0. The lowest BCUT2D eigenvalue weighted by Gasteiger charge is -2.13. The zero-order valence-corrected chi connectivity index (χ0v) is 23.0. The van der Waals surface area contributed by atoms with Crippen molar-refractivity contribution in [3.05, 3.63) is 36.4 Å². The molecule has 0 radical (unpaired) electrons. The molecule has 2 aromatic rings. The summed E-state index contributed by atoms with van der Waals surface area (Å²) in [5, 5.41) is 0. The van der Waals surface area contributed by atoms with Crippen molar-refractivity contribution < 1.29 is 47.4 Å². The average Bonchev–Trinajstić information content (AvgIpc) is 2.97. The number of benzene rings is 2. The highest BCUT2D eigenvalue weighted by Gasteiger charge is 2.08. The first-order valence-electron chi connectivity index (χ1n) is 13.5. The Labute approximate surface area is 235 Å². The largest absolute Gasteiger partial charge is 0.487 e. The second kappa shape index (κ2) is 20.0. The van der Waals surface area contributed by atoms with Gasteiger partial charge in [0.05, 0.1) is 79.3 Å². The van der Waals surface area contributed by atoms with Gasteiger partial charge in [0.1, 0.15) is 26.4 Å². The maximum atomic E-state index is 5.76. The van der Waals surface area contributed by atoms with Crippen molar-refractivity contribution in [2.45, 2.75) is 0 Å². The quantitative estimate of drug-likeness (QED) is 0.451. The summed E-state index contributed by atoms with van der Waals surface area (Å²) in [6.07, 6.45) is 0. The zero-order valence-electron chi connectivity index (χ0n) is 23.0. The Kier molecular flexibility index (Phi) is 15.7. The molecule has 0 atom stereocenters. The van der Waals surface area contributed by atoms with E-state index in [1.807, 2.05) is 0 Å². The van der Waals surface area contributed by atoms with E-state index in [0.717, 1.165) is 0 Å². The van der Waals surface area contributed by atoms with Gasteiger partial charge in [-0.05, 0) is 24.3 Å². The molecule has 0 bridgehead atoms. The van der Waals surface area contributed by atoms with Crippen LogP contribution in [0.15, 0.2) is 36.4 Å². The molecular formula is C28H42N2O10. The lowest BCUT2D eigenvalue weighted by molar-refractivity contribution is 0.00708. The second-order valence-electron chi connectivity index (χ2n) is 8.48. The molecule has 0 spiro atoms. The number of hydrogen-bond acceptors (Lipinski definition) is 12. The van der Waals surface area contributed by atoms with E-state index < -0.39 is 0 Å². The molecule has 0 saturated heterocycles. The summed E-state index contributed by atoms with van der Waals surface area (Å²) < 4.78 is 54.8. The van der Waals surface area contributed by atoms with Gasteiger partial charge in [-0.25, -0.2) is 0 Å². The molecule has 0 unspecified atom stereocenters. The summed E-state index contributed by atoms with van der Waals surface area (Å²) in [6, 6.07) is 10.7. The number of nitrogen functional groups attached to an aromatic ring is 2. The molecule has 40 heavy (non-hydrogen) atoms. The molecule has 0 aromatic heterocycles. The Morgan fingerprint density at radius 2 is 0.575 bits per heavy atom. The first-order chi connectivity index (χ1) is 19.7. The van der Waals surface area contributed by atoms with E-state index in [2.05, 4.69) is 0 Å². The highest BCUT2D eigenvalue weighted by atomic mass is 16.6. The Morgan fingerprint density at radius 1 is 0.325 bits per heavy atom. The molecular weight excluding hydrogens is 524 g/mol. The Morgan fingerprint density at radius 3 is 0.875 bits per heavy atom. The van der Waals surface area contributed by atoms with Crippen molar-refractivity contribution in [3.8, 4) is 23.0 Å². The molecule has 4 N–H and O–H groups in total. The Balaban J connectivity index is 0.000000220. The van der Waals surface area contributed by atoms with E-state index in [9.17, 15) is 0 Å². The van der Waals surface area contributed by atoms with Crippen molar-refractivity contribution in [2.75, 3.05) is 117 Å². The van der Waals surface area contributed by atoms with Crippen LogP contribution in [0.25, 0.3) is 0 Å². The summed E-state index contributed by atoms with van der Waals surface area (Å²) in [6.45, 7) is 8.22. The minimum atomic E-state index is 0.441. The van der Waals surface area contributed by atoms with Crippen LogP contribution in [0.4, 0.5) is 11.4 Å². The second-order valence-corrected chi connectivity index (χ2v) is 8.48. The number of anilines is 2. The van der Waals surface area contributed by atoms with Gasteiger partial charge in [-0.1, -0.05) is 0 Å². The molecule has 0 amide bonds. The molecule has 2 aliphatic heterocycles. The highest BCUT2D eigenvalue weighted by molar-refractivity contribution is 5.52. The monoisotopic (exact) mass is 566 g/mol. The summed E-state index contributed by atoms with van der Waals surface area (Å²) in [4.78, 5) is 0. The molecule has 224 valence electrons. The smallest absolute Gasteiger partial charge is 0.163 e. The van der Waals surface area contributed by atoms with Crippen LogP contribution in [0.2, 0.25) is 0 Å². The van der Waals surface area contributed by atoms with E-state index in [0.29, 0.717) is 140 Å². The minimum Gasteiger partial charge on any atom is -0.487 e. The van der Waals surface area contributed by atoms with Gasteiger partial charge in [-0.15, -0.1) is 0 Å². The van der Waals surface area contributed by atoms with Crippen molar-refractivity contribution in [1.29, 1.82) is 0 Å². The fourth-order valence-corrected chi connectivity index (χ4v) is 3.44. The first kappa shape index (κ1) is 31.5. The van der Waals surface area contributed by atoms with Gasteiger partial charge in [-0.2, -0.15) is 0 Å². The number of hydrogen-bond donors (Lipinski definition) is 2. The SMILES string of the molecule is Nc1ccc2c(c1)OCCOCCOCCOCCO2.Nc1ccc2c(c1)OCCOCCOCCOCCO2. The predicted molar refractivity (Wildman–Crippen MR) is 149 cm³/mol. The topological polar surface area (TPSA) is 144 Å². The van der Waals surface area contributed by atoms with E-state index >= 15 is 0 Å². The summed E-state index contributed by atoms with van der Waals surface area (Å²) in [5.74, 6) is 2.57. The van der Waals surface area contributed by atoms with Crippen LogP contribution in [0.3, 0.4) is 0 Å². The Bertz CT molecular complexity index is 874. The van der Waals surface area contributed by atoms with Gasteiger partial charge in [0.2, 0.25) is 0 Å². The van der Waals surface area contributed by atoms with E-state index in [1.165, 1.54) is 0 Å². The van der Waals surface area contributed by atoms with Gasteiger partial charge >= 0.3 is 0 Å². The van der Waals surface area contributed by atoms with Crippen LogP contribution >= 0.6 is 0 Å². The lowest BCUT2D eigenvalue weighted by Crippen LogP contribution is -2.13. The third-order valence-electron chi connectivity index (χ3n) is 5.36. The molecule has 4 rings (SSSR count). The third kappa shape index (κ3) is 13.4. The van der Waals surface area contributed by atoms with Crippen molar-refractivity contribution in [1.82, 2.24) is 0 Å². The minimum absolute atomic E-state index is 0.441. The maximum absolute atomic E-state index is 5.76. The van der Waals surface area contributed by atoms with Gasteiger partial charge in [-0.3, -0.25) is 0 Å². The van der Waals surface area contributed by atoms with Crippen LogP contribution in [-0.4, -0.2) is 106 Å². The lowest BCUT2D eigenvalue weighted by atomic mass is 10.3. The predicted octanol–water partition coefficient (Wildman–Crippen LogP) is 2.18. The number of rotatable bonds is 0. The molecule has 2 heterocycles.